The van der Waals surface area contributed by atoms with Gasteiger partial charge in [0.1, 0.15) is 5.82 Å². The zero-order valence-corrected chi connectivity index (χ0v) is 20.8. The fourth-order valence-corrected chi connectivity index (χ4v) is 5.47. The second kappa shape index (κ2) is 9.09. The van der Waals surface area contributed by atoms with Crippen molar-refractivity contribution in [2.75, 3.05) is 17.2 Å². The predicted octanol–water partition coefficient (Wildman–Crippen LogP) is 7.97. The molecule has 6 aromatic rings. The van der Waals surface area contributed by atoms with Crippen LogP contribution in [0.1, 0.15) is 11.1 Å². The molecule has 2 N–H and O–H groups in total. The molecule has 182 valence electrons. The molecule has 0 aliphatic carbocycles. The highest BCUT2D eigenvalue weighted by Crippen LogP contribution is 2.43. The molecule has 1 aliphatic rings. The quantitative estimate of drug-likeness (QED) is 0.273. The molecule has 2 aromatic heterocycles. The largest absolute Gasteiger partial charge is 0.384 e. The third kappa shape index (κ3) is 3.66. The van der Waals surface area contributed by atoms with Crippen molar-refractivity contribution < 1.29 is 0 Å². The monoisotopic (exact) mass is 490 g/mol. The van der Waals surface area contributed by atoms with Crippen molar-refractivity contribution in [1.82, 2.24) is 9.55 Å². The Balaban J connectivity index is 1.32. The van der Waals surface area contributed by atoms with Crippen LogP contribution < -0.4 is 10.6 Å². The van der Waals surface area contributed by atoms with Gasteiger partial charge in [0.2, 0.25) is 0 Å². The number of rotatable bonds is 4. The average molecular weight is 491 g/mol. The van der Waals surface area contributed by atoms with E-state index in [1.165, 1.54) is 16.8 Å². The number of para-hydroxylation sites is 3. The van der Waals surface area contributed by atoms with Gasteiger partial charge in [0.05, 0.1) is 23.1 Å². The molecule has 0 amide bonds. The maximum Gasteiger partial charge on any atom is 0.116 e. The van der Waals surface area contributed by atoms with Crippen LogP contribution in [-0.4, -0.2) is 16.1 Å². The topological polar surface area (TPSA) is 47.1 Å². The van der Waals surface area contributed by atoms with Crippen molar-refractivity contribution in [3.8, 4) is 16.9 Å². The van der Waals surface area contributed by atoms with Crippen LogP contribution in [0.25, 0.3) is 39.5 Å². The minimum atomic E-state index is 0.745. The van der Waals surface area contributed by atoms with Crippen molar-refractivity contribution in [3.63, 3.8) is 0 Å². The van der Waals surface area contributed by atoms with Crippen molar-refractivity contribution in [2.24, 2.45) is 0 Å². The van der Waals surface area contributed by atoms with Gasteiger partial charge in [-0.3, -0.25) is 9.55 Å². The molecule has 38 heavy (non-hydrogen) atoms. The van der Waals surface area contributed by atoms with E-state index in [1.807, 2.05) is 42.6 Å². The van der Waals surface area contributed by atoms with Crippen LogP contribution in [0.3, 0.4) is 0 Å². The second-order valence-corrected chi connectivity index (χ2v) is 9.53. The van der Waals surface area contributed by atoms with Gasteiger partial charge in [0, 0.05) is 40.0 Å². The van der Waals surface area contributed by atoms with E-state index < -0.39 is 0 Å². The van der Waals surface area contributed by atoms with Crippen LogP contribution in [0, 0.1) is 0 Å². The maximum absolute atomic E-state index is 6.86. The van der Waals surface area contributed by atoms with Gasteiger partial charge in [-0.05, 0) is 48.0 Å². The first-order valence-electron chi connectivity index (χ1n) is 12.8. The highest BCUT2D eigenvalue weighted by Gasteiger charge is 2.26. The molecule has 3 heterocycles. The first kappa shape index (κ1) is 22.1. The van der Waals surface area contributed by atoms with Gasteiger partial charge in [-0.25, -0.2) is 0 Å². The molecular weight excluding hydrogens is 464 g/mol. The summed E-state index contributed by atoms with van der Waals surface area (Å²) >= 11 is 0. The molecule has 7 rings (SSSR count). The van der Waals surface area contributed by atoms with Crippen LogP contribution >= 0.6 is 0 Å². The lowest BCUT2D eigenvalue weighted by atomic mass is 10.0. The number of pyridine rings is 1. The number of nitrogen functional groups attached to an aromatic ring is 1. The van der Waals surface area contributed by atoms with Crippen molar-refractivity contribution in [1.29, 1.82) is 0 Å². The van der Waals surface area contributed by atoms with Gasteiger partial charge < -0.3 is 10.6 Å². The molecule has 0 fully saturated rings. The molecule has 4 heteroatoms. The Hall–Kier alpha value is -5.09. The van der Waals surface area contributed by atoms with Crippen LogP contribution in [0.4, 0.5) is 17.2 Å². The van der Waals surface area contributed by atoms with Gasteiger partial charge >= 0.3 is 0 Å². The van der Waals surface area contributed by atoms with E-state index in [0.29, 0.717) is 0 Å². The van der Waals surface area contributed by atoms with Crippen LogP contribution in [0.5, 0.6) is 0 Å². The van der Waals surface area contributed by atoms with Crippen molar-refractivity contribution in [2.45, 2.75) is 0 Å². The lowest BCUT2D eigenvalue weighted by Crippen LogP contribution is -2.13. The molecule has 0 spiro atoms. The Labute approximate surface area is 221 Å². The predicted molar refractivity (Wildman–Crippen MR) is 159 cm³/mol. The first-order valence-corrected chi connectivity index (χ1v) is 12.8. The summed E-state index contributed by atoms with van der Waals surface area (Å²) in [6.45, 7) is 0.746. The molecular formula is C34H26N4. The summed E-state index contributed by atoms with van der Waals surface area (Å²) in [5, 5.41) is 1.14. The number of hydrogen-bond acceptors (Lipinski definition) is 3. The molecule has 0 radical (unpaired) electrons. The lowest BCUT2D eigenvalue weighted by molar-refractivity contribution is 1.13. The van der Waals surface area contributed by atoms with Crippen molar-refractivity contribution >= 4 is 39.7 Å². The highest BCUT2D eigenvalue weighted by atomic mass is 15.2. The number of benzene rings is 4. The summed E-state index contributed by atoms with van der Waals surface area (Å²) in [6.07, 6.45) is 4.24. The number of aromatic nitrogens is 2. The van der Waals surface area contributed by atoms with E-state index in [4.69, 9.17) is 10.7 Å². The Morgan fingerprint density at radius 2 is 1.39 bits per heavy atom. The summed E-state index contributed by atoms with van der Waals surface area (Å²) in [5.41, 5.74) is 16.9. The summed E-state index contributed by atoms with van der Waals surface area (Å²) in [4.78, 5) is 7.11. The summed E-state index contributed by atoms with van der Waals surface area (Å²) in [5.74, 6) is 0.745. The zero-order chi connectivity index (χ0) is 25.5. The second-order valence-electron chi connectivity index (χ2n) is 9.53. The maximum atomic E-state index is 6.86. The van der Waals surface area contributed by atoms with E-state index in [2.05, 4.69) is 100 Å². The summed E-state index contributed by atoms with van der Waals surface area (Å²) in [6, 6.07) is 41.8. The number of fused-ring (bicyclic) bond motifs is 2. The highest BCUT2D eigenvalue weighted by molar-refractivity contribution is 6.04. The minimum absolute atomic E-state index is 0.745. The molecule has 0 saturated carbocycles. The van der Waals surface area contributed by atoms with Gasteiger partial charge in [-0.1, -0.05) is 84.9 Å². The van der Waals surface area contributed by atoms with E-state index >= 15 is 0 Å². The van der Waals surface area contributed by atoms with Gasteiger partial charge in [-0.2, -0.15) is 0 Å². The normalized spacial score (nSPS) is 13.8. The fourth-order valence-electron chi connectivity index (χ4n) is 5.47. The SMILES string of the molecule is Nc1c(/C=C2\CN(c3ccc(-c4ccccc4)nc3)c3ccccc32)c2ccccc2n1-c1ccccc1. The zero-order valence-electron chi connectivity index (χ0n) is 20.8. The van der Waals surface area contributed by atoms with Gasteiger partial charge in [0.15, 0.2) is 0 Å². The molecule has 4 aromatic carbocycles. The van der Waals surface area contributed by atoms with E-state index in [0.717, 1.165) is 51.5 Å². The Morgan fingerprint density at radius 3 is 2.18 bits per heavy atom. The van der Waals surface area contributed by atoms with Gasteiger partial charge in [-0.15, -0.1) is 0 Å². The third-order valence-corrected chi connectivity index (χ3v) is 7.28. The number of nitrogens with two attached hydrogens (primary N) is 1. The van der Waals surface area contributed by atoms with Gasteiger partial charge in [0.25, 0.3) is 0 Å². The average Bonchev–Trinajstić information content (AvgIpc) is 3.49. The van der Waals surface area contributed by atoms with Crippen LogP contribution in [-0.2, 0) is 0 Å². The summed E-state index contributed by atoms with van der Waals surface area (Å²) in [7, 11) is 0. The van der Waals surface area contributed by atoms with E-state index in [1.54, 1.807) is 0 Å². The third-order valence-electron chi connectivity index (χ3n) is 7.28. The standard InChI is InChI=1S/C34H26N4/c35-34-30(29-16-8-10-18-33(29)38(34)26-13-5-2-6-14-26)21-25-23-37(32-17-9-7-15-28(25)32)27-19-20-31(36-22-27)24-11-3-1-4-12-24/h1-22H,23,35H2/b25-21+. The summed E-state index contributed by atoms with van der Waals surface area (Å²) < 4.78 is 2.15. The minimum Gasteiger partial charge on any atom is -0.384 e. The Kier molecular flexibility index (Phi) is 5.30. The molecule has 0 atom stereocenters. The molecule has 1 aliphatic heterocycles. The fraction of sp³-hybridized carbons (Fsp3) is 0.0294. The molecule has 0 unspecified atom stereocenters. The van der Waals surface area contributed by atoms with Crippen molar-refractivity contribution in [3.05, 3.63) is 139 Å². The molecule has 0 bridgehead atoms. The molecule has 0 saturated heterocycles. The van der Waals surface area contributed by atoms with Crippen LogP contribution in [0.15, 0.2) is 128 Å². The van der Waals surface area contributed by atoms with Crippen LogP contribution in [0.2, 0.25) is 0 Å². The smallest absolute Gasteiger partial charge is 0.116 e. The first-order chi connectivity index (χ1) is 18.8. The Bertz CT molecular complexity index is 1780. The van der Waals surface area contributed by atoms with E-state index in [-0.39, 0.29) is 0 Å². The van der Waals surface area contributed by atoms with E-state index in [9.17, 15) is 0 Å². The molecule has 4 nitrogen and oxygen atoms in total. The number of anilines is 3. The number of hydrogen-bond donors (Lipinski definition) is 1. The lowest BCUT2D eigenvalue weighted by Gasteiger charge is -2.19. The number of nitrogens with zero attached hydrogens (tertiary/aromatic N) is 3. The Morgan fingerprint density at radius 1 is 0.684 bits per heavy atom.